The Morgan fingerprint density at radius 3 is 2.90 bits per heavy atom. The maximum absolute atomic E-state index is 11.5. The molecular formula is C12H12N4O4. The number of nitrogens with zero attached hydrogens (tertiary/aromatic N) is 2. The van der Waals surface area contributed by atoms with E-state index in [0.717, 1.165) is 0 Å². The predicted molar refractivity (Wildman–Crippen MR) is 71.8 cm³/mol. The van der Waals surface area contributed by atoms with Crippen LogP contribution in [0.3, 0.4) is 0 Å². The normalized spacial score (nSPS) is 10.1. The highest BCUT2D eigenvalue weighted by atomic mass is 16.6. The van der Waals surface area contributed by atoms with Crippen molar-refractivity contribution >= 4 is 11.5 Å². The van der Waals surface area contributed by atoms with Crippen molar-refractivity contribution in [3.63, 3.8) is 0 Å². The van der Waals surface area contributed by atoms with Gasteiger partial charge in [0.25, 0.3) is 11.2 Å². The Balaban J connectivity index is 2.24. The van der Waals surface area contributed by atoms with Crippen molar-refractivity contribution in [2.24, 2.45) is 0 Å². The van der Waals surface area contributed by atoms with Crippen LogP contribution in [-0.2, 0) is 6.54 Å². The molecule has 0 aliphatic carbocycles. The van der Waals surface area contributed by atoms with Crippen LogP contribution in [0.15, 0.2) is 35.4 Å². The van der Waals surface area contributed by atoms with Gasteiger partial charge in [0.2, 0.25) is 5.75 Å². The van der Waals surface area contributed by atoms with Crippen molar-refractivity contribution in [1.29, 1.82) is 0 Å². The minimum Gasteiger partial charge on any atom is -0.489 e. The Labute approximate surface area is 113 Å². The Kier molecular flexibility index (Phi) is 3.94. The molecule has 1 heterocycles. The maximum Gasteiger partial charge on any atom is 0.295 e. The second-order valence-corrected chi connectivity index (χ2v) is 3.85. The van der Waals surface area contributed by atoms with Crippen molar-refractivity contribution in [1.82, 2.24) is 9.97 Å². The Morgan fingerprint density at radius 2 is 2.20 bits per heavy atom. The van der Waals surface area contributed by atoms with E-state index < -0.39 is 10.5 Å². The number of nitro groups is 1. The molecule has 0 saturated carbocycles. The van der Waals surface area contributed by atoms with Gasteiger partial charge in [-0.1, -0.05) is 18.2 Å². The predicted octanol–water partition coefficient (Wildman–Crippen LogP) is 1.30. The molecule has 2 N–H and O–H groups in total. The Hall–Kier alpha value is -2.90. The quantitative estimate of drug-likeness (QED) is 0.629. The third-order valence-corrected chi connectivity index (χ3v) is 2.65. The van der Waals surface area contributed by atoms with Gasteiger partial charge in [-0.05, 0) is 0 Å². The molecule has 0 radical (unpaired) electrons. The molecule has 0 fully saturated rings. The van der Waals surface area contributed by atoms with Gasteiger partial charge in [-0.2, -0.15) is 0 Å². The summed E-state index contributed by atoms with van der Waals surface area (Å²) in [5.41, 5.74) is 0.0676. The molecule has 0 amide bonds. The van der Waals surface area contributed by atoms with E-state index in [4.69, 9.17) is 4.74 Å². The molecule has 2 rings (SSSR count). The number of rotatable bonds is 5. The van der Waals surface area contributed by atoms with Crippen molar-refractivity contribution in [2.45, 2.75) is 6.54 Å². The molecule has 0 spiro atoms. The number of para-hydroxylation sites is 1. The Morgan fingerprint density at radius 1 is 1.45 bits per heavy atom. The third-order valence-electron chi connectivity index (χ3n) is 2.65. The van der Waals surface area contributed by atoms with Crippen molar-refractivity contribution in [3.8, 4) is 5.75 Å². The highest BCUT2D eigenvalue weighted by Gasteiger charge is 2.14. The molecule has 0 aliphatic heterocycles. The van der Waals surface area contributed by atoms with E-state index in [1.807, 2.05) is 0 Å². The summed E-state index contributed by atoms with van der Waals surface area (Å²) in [6.07, 6.45) is 1.23. The summed E-state index contributed by atoms with van der Waals surface area (Å²) in [6.45, 7) is 0.157. The van der Waals surface area contributed by atoms with Gasteiger partial charge in [-0.25, -0.2) is 4.98 Å². The van der Waals surface area contributed by atoms with Crippen LogP contribution >= 0.6 is 0 Å². The summed E-state index contributed by atoms with van der Waals surface area (Å²) in [4.78, 5) is 28.2. The highest BCUT2D eigenvalue weighted by molar-refractivity contribution is 5.50. The summed E-state index contributed by atoms with van der Waals surface area (Å²) in [7, 11) is 1.35. The number of hydrogen-bond donors (Lipinski definition) is 2. The van der Waals surface area contributed by atoms with Crippen LogP contribution in [0.2, 0.25) is 0 Å². The molecule has 8 heteroatoms. The van der Waals surface area contributed by atoms with E-state index in [2.05, 4.69) is 15.3 Å². The molecule has 2 aromatic rings. The number of aromatic amines is 1. The zero-order chi connectivity index (χ0) is 14.5. The second kappa shape index (κ2) is 5.83. The van der Waals surface area contributed by atoms with Gasteiger partial charge in [0.15, 0.2) is 5.82 Å². The first-order valence-corrected chi connectivity index (χ1v) is 5.71. The van der Waals surface area contributed by atoms with E-state index in [-0.39, 0.29) is 23.8 Å². The first-order chi connectivity index (χ1) is 9.63. The van der Waals surface area contributed by atoms with E-state index in [1.165, 1.54) is 19.5 Å². The van der Waals surface area contributed by atoms with Crippen LogP contribution in [0.5, 0.6) is 5.75 Å². The number of nitrogens with one attached hydrogen (secondary N) is 2. The fourth-order valence-corrected chi connectivity index (χ4v) is 1.72. The minimum atomic E-state index is -0.459. The fraction of sp³-hybridized carbons (Fsp3) is 0.167. The Bertz CT molecular complexity index is 683. The first-order valence-electron chi connectivity index (χ1n) is 5.71. The van der Waals surface area contributed by atoms with Gasteiger partial charge in [-0.3, -0.25) is 14.9 Å². The van der Waals surface area contributed by atoms with Crippen LogP contribution in [0.25, 0.3) is 0 Å². The van der Waals surface area contributed by atoms with Crippen molar-refractivity contribution in [3.05, 3.63) is 56.6 Å². The number of anilines is 1. The number of aromatic nitrogens is 2. The molecule has 0 atom stereocenters. The lowest BCUT2D eigenvalue weighted by atomic mass is 10.2. The number of methoxy groups -OCH3 is 1. The summed E-state index contributed by atoms with van der Waals surface area (Å²) in [6, 6.07) is 6.34. The van der Waals surface area contributed by atoms with Gasteiger partial charge < -0.3 is 15.0 Å². The number of ether oxygens (including phenoxy) is 1. The smallest absolute Gasteiger partial charge is 0.295 e. The van der Waals surface area contributed by atoms with E-state index in [1.54, 1.807) is 18.2 Å². The summed E-state index contributed by atoms with van der Waals surface area (Å²) < 4.78 is 4.94. The van der Waals surface area contributed by atoms with Gasteiger partial charge in [0.05, 0.1) is 18.4 Å². The van der Waals surface area contributed by atoms with Crippen LogP contribution in [0.1, 0.15) is 5.56 Å². The molecule has 104 valence electrons. The van der Waals surface area contributed by atoms with Gasteiger partial charge >= 0.3 is 0 Å². The molecule has 1 aromatic carbocycles. The van der Waals surface area contributed by atoms with Crippen molar-refractivity contribution in [2.75, 3.05) is 12.4 Å². The number of H-pyrrole nitrogens is 1. The molecule has 1 aromatic heterocycles. The molecular weight excluding hydrogens is 264 g/mol. The molecule has 0 bridgehead atoms. The van der Waals surface area contributed by atoms with Crippen LogP contribution in [0, 0.1) is 10.1 Å². The van der Waals surface area contributed by atoms with E-state index >= 15 is 0 Å². The fourth-order valence-electron chi connectivity index (χ4n) is 1.72. The molecule has 0 saturated heterocycles. The highest BCUT2D eigenvalue weighted by Crippen LogP contribution is 2.20. The zero-order valence-electron chi connectivity index (χ0n) is 10.6. The monoisotopic (exact) mass is 276 g/mol. The van der Waals surface area contributed by atoms with Gasteiger partial charge in [0.1, 0.15) is 0 Å². The van der Waals surface area contributed by atoms with Crippen LogP contribution < -0.4 is 15.6 Å². The zero-order valence-corrected chi connectivity index (χ0v) is 10.6. The molecule has 20 heavy (non-hydrogen) atoms. The average molecular weight is 276 g/mol. The standard InChI is InChI=1S/C12H12N4O4/c1-20-10-11(14-7-15-12(10)17)13-6-8-4-2-3-5-9(8)16(18)19/h2-5,7H,6H2,1H3,(H2,13,14,15,17). The molecule has 0 aliphatic rings. The summed E-state index contributed by atoms with van der Waals surface area (Å²) >= 11 is 0. The van der Waals surface area contributed by atoms with Crippen LogP contribution in [-0.4, -0.2) is 22.0 Å². The maximum atomic E-state index is 11.5. The lowest BCUT2D eigenvalue weighted by Crippen LogP contribution is -2.14. The van der Waals surface area contributed by atoms with E-state index in [9.17, 15) is 14.9 Å². The van der Waals surface area contributed by atoms with Gasteiger partial charge in [-0.15, -0.1) is 0 Å². The summed E-state index contributed by atoms with van der Waals surface area (Å²) in [5, 5.41) is 13.7. The van der Waals surface area contributed by atoms with Crippen LogP contribution in [0.4, 0.5) is 11.5 Å². The average Bonchev–Trinajstić information content (AvgIpc) is 2.45. The molecule has 8 nitrogen and oxygen atoms in total. The SMILES string of the molecule is COc1c(NCc2ccccc2[N+](=O)[O-])nc[nH]c1=O. The molecule has 0 unspecified atom stereocenters. The van der Waals surface area contributed by atoms with E-state index in [0.29, 0.717) is 5.56 Å². The lowest BCUT2D eigenvalue weighted by Gasteiger charge is -2.08. The first kappa shape index (κ1) is 13.5. The number of benzene rings is 1. The number of nitro benzene ring substituents is 1. The second-order valence-electron chi connectivity index (χ2n) is 3.85. The minimum absolute atomic E-state index is 0.00353. The lowest BCUT2D eigenvalue weighted by molar-refractivity contribution is -0.385. The largest absolute Gasteiger partial charge is 0.489 e. The topological polar surface area (TPSA) is 110 Å². The van der Waals surface area contributed by atoms with Crippen molar-refractivity contribution < 1.29 is 9.66 Å². The number of hydrogen-bond acceptors (Lipinski definition) is 6. The summed E-state index contributed by atoms with van der Waals surface area (Å²) in [5.74, 6) is 0.264. The van der Waals surface area contributed by atoms with Gasteiger partial charge in [0, 0.05) is 18.2 Å². The third kappa shape index (κ3) is 2.74.